The topological polar surface area (TPSA) is 81.7 Å². The predicted molar refractivity (Wildman–Crippen MR) is 123 cm³/mol. The lowest BCUT2D eigenvalue weighted by Gasteiger charge is -2.38. The summed E-state index contributed by atoms with van der Waals surface area (Å²) in [4.78, 5) is 13.0. The lowest BCUT2D eigenvalue weighted by molar-refractivity contribution is -0.906. The van der Waals surface area contributed by atoms with Gasteiger partial charge >= 0.3 is 16.0 Å². The number of quaternary nitrogens is 1. The van der Waals surface area contributed by atoms with Crippen molar-refractivity contribution in [1.82, 2.24) is 5.43 Å². The van der Waals surface area contributed by atoms with Crippen LogP contribution in [0.4, 0.5) is 0 Å². The zero-order valence-corrected chi connectivity index (χ0v) is 20.9. The molecule has 1 N–H and O–H groups in total. The number of rotatable bonds is 5. The van der Waals surface area contributed by atoms with Gasteiger partial charge in [0.2, 0.25) is 0 Å². The zero-order valence-electron chi connectivity index (χ0n) is 20.1. The van der Waals surface area contributed by atoms with Gasteiger partial charge in [0.25, 0.3) is 0 Å². The Labute approximate surface area is 191 Å². The average molecular weight is 462 g/mol. The molecule has 0 fully saturated rings. The van der Waals surface area contributed by atoms with Gasteiger partial charge in [-0.2, -0.15) is 13.8 Å². The summed E-state index contributed by atoms with van der Waals surface area (Å²) in [6.07, 6.45) is 1.05. The molecule has 2 aromatic carbocycles. The molecule has 1 atom stereocenters. The van der Waals surface area contributed by atoms with Crippen LogP contribution in [0.1, 0.15) is 41.2 Å². The second-order valence-corrected chi connectivity index (χ2v) is 11.2. The van der Waals surface area contributed by atoms with Gasteiger partial charge in [0.05, 0.1) is 21.1 Å². The Morgan fingerprint density at radius 2 is 1.62 bits per heavy atom. The van der Waals surface area contributed by atoms with Gasteiger partial charge < -0.3 is 8.92 Å². The van der Waals surface area contributed by atoms with Crippen molar-refractivity contribution in [3.8, 4) is 11.5 Å². The summed E-state index contributed by atoms with van der Waals surface area (Å²) in [5.41, 5.74) is 5.93. The molecule has 0 bridgehead atoms. The van der Waals surface area contributed by atoms with E-state index in [0.717, 1.165) is 16.7 Å². The van der Waals surface area contributed by atoms with E-state index < -0.39 is 15.7 Å². The van der Waals surface area contributed by atoms with Crippen LogP contribution in [0.15, 0.2) is 29.2 Å². The molecule has 174 valence electrons. The average Bonchev–Trinajstić information content (AvgIpc) is 2.68. The SMILES string of the molecule is Cc1ccc(S(=O)(=O)Oc2c(C)c(C)c3c(c2C)CCC(C)(C(=O)N[N+](C)(C)C)O3)cc1. The van der Waals surface area contributed by atoms with Crippen LogP contribution in [0.25, 0.3) is 0 Å². The number of amides is 1. The molecule has 0 aliphatic carbocycles. The van der Waals surface area contributed by atoms with E-state index in [1.54, 1.807) is 31.2 Å². The second kappa shape index (κ2) is 8.08. The Balaban J connectivity index is 1.99. The molecule has 0 aromatic heterocycles. The lowest BCUT2D eigenvalue weighted by atomic mass is 9.87. The molecule has 3 rings (SSSR count). The molecule has 1 amide bonds. The molecule has 0 saturated heterocycles. The van der Waals surface area contributed by atoms with Crippen molar-refractivity contribution in [2.24, 2.45) is 0 Å². The fourth-order valence-corrected chi connectivity index (χ4v) is 4.84. The van der Waals surface area contributed by atoms with E-state index >= 15 is 0 Å². The van der Waals surface area contributed by atoms with E-state index in [-0.39, 0.29) is 15.4 Å². The molecule has 0 radical (unpaired) electrons. The fraction of sp³-hybridized carbons (Fsp3) is 0.458. The van der Waals surface area contributed by atoms with E-state index in [1.165, 1.54) is 0 Å². The van der Waals surface area contributed by atoms with Crippen LogP contribution < -0.4 is 14.3 Å². The van der Waals surface area contributed by atoms with Crippen molar-refractivity contribution in [2.75, 3.05) is 21.1 Å². The van der Waals surface area contributed by atoms with Crippen LogP contribution >= 0.6 is 0 Å². The number of nitrogens with one attached hydrogen (secondary N) is 1. The lowest BCUT2D eigenvalue weighted by Crippen LogP contribution is -2.60. The zero-order chi connectivity index (χ0) is 24.1. The maximum absolute atomic E-state index is 12.9. The van der Waals surface area contributed by atoms with E-state index in [4.69, 9.17) is 8.92 Å². The molecule has 32 heavy (non-hydrogen) atoms. The molecule has 2 aromatic rings. The highest BCUT2D eigenvalue weighted by atomic mass is 32.2. The number of nitrogens with zero attached hydrogens (tertiary/aromatic N) is 1. The summed E-state index contributed by atoms with van der Waals surface area (Å²) in [7, 11) is 1.63. The van der Waals surface area contributed by atoms with Crippen LogP contribution in [-0.2, 0) is 21.3 Å². The van der Waals surface area contributed by atoms with Crippen LogP contribution in [0.3, 0.4) is 0 Å². The maximum atomic E-state index is 12.9. The van der Waals surface area contributed by atoms with Crippen molar-refractivity contribution in [3.05, 3.63) is 52.1 Å². The van der Waals surface area contributed by atoms with Gasteiger partial charge in [-0.3, -0.25) is 4.79 Å². The van der Waals surface area contributed by atoms with Crippen molar-refractivity contribution < 1.29 is 26.7 Å². The molecule has 0 saturated carbocycles. The number of hydrogen-bond donors (Lipinski definition) is 1. The minimum atomic E-state index is -3.98. The minimum Gasteiger partial charge on any atom is -0.477 e. The number of carbonyl (C=O) groups excluding carboxylic acids is 1. The molecule has 1 heterocycles. The van der Waals surface area contributed by atoms with Crippen LogP contribution in [0, 0.1) is 27.7 Å². The summed E-state index contributed by atoms with van der Waals surface area (Å²) in [6, 6.07) is 6.57. The van der Waals surface area contributed by atoms with E-state index in [1.807, 2.05) is 48.8 Å². The van der Waals surface area contributed by atoms with E-state index in [0.29, 0.717) is 35.5 Å². The first-order chi connectivity index (χ1) is 14.6. The fourth-order valence-electron chi connectivity index (χ4n) is 3.81. The predicted octanol–water partition coefficient (Wildman–Crippen LogP) is 3.51. The normalized spacial score (nSPS) is 18.5. The summed E-state index contributed by atoms with van der Waals surface area (Å²) in [6.45, 7) is 9.19. The maximum Gasteiger partial charge on any atom is 0.339 e. The standard InChI is InChI=1S/C24H32N2O5S/c1-15-9-11-19(12-10-15)32(28,29)31-21-16(2)17(3)22-20(18(21)4)13-14-24(5,30-22)23(27)25-26(6,7)8/h9-12H,13-14H2,1-8H3/p+1. The Kier molecular flexibility index (Phi) is 6.08. The quantitative estimate of drug-likeness (QED) is 0.419. The first-order valence-electron chi connectivity index (χ1n) is 10.6. The molecule has 1 aliphatic heterocycles. The number of benzene rings is 2. The summed E-state index contributed by atoms with van der Waals surface area (Å²) >= 11 is 0. The van der Waals surface area contributed by atoms with Gasteiger partial charge in [0.15, 0.2) is 5.60 Å². The Bertz CT molecular complexity index is 1160. The largest absolute Gasteiger partial charge is 0.477 e. The third kappa shape index (κ3) is 4.61. The first-order valence-corrected chi connectivity index (χ1v) is 12.0. The second-order valence-electron chi connectivity index (χ2n) is 9.65. The van der Waals surface area contributed by atoms with Gasteiger partial charge in [0.1, 0.15) is 16.4 Å². The first kappa shape index (κ1) is 24.1. The number of hydrogen-bond acceptors (Lipinski definition) is 5. The van der Waals surface area contributed by atoms with Crippen molar-refractivity contribution in [2.45, 2.75) is 58.0 Å². The van der Waals surface area contributed by atoms with Crippen molar-refractivity contribution in [1.29, 1.82) is 0 Å². The molecule has 1 unspecified atom stereocenters. The Morgan fingerprint density at radius 1 is 1.03 bits per heavy atom. The third-order valence-electron chi connectivity index (χ3n) is 5.91. The van der Waals surface area contributed by atoms with Gasteiger partial charge in [-0.05, 0) is 69.9 Å². The Morgan fingerprint density at radius 3 is 2.19 bits per heavy atom. The van der Waals surface area contributed by atoms with Crippen molar-refractivity contribution in [3.63, 3.8) is 0 Å². The molecular formula is C24H33N2O5S+. The molecule has 1 aliphatic rings. The molecular weight excluding hydrogens is 428 g/mol. The Hall–Kier alpha value is -2.58. The minimum absolute atomic E-state index is 0.109. The number of carbonyl (C=O) groups is 1. The van der Waals surface area contributed by atoms with Gasteiger partial charge in [0, 0.05) is 12.0 Å². The van der Waals surface area contributed by atoms with E-state index in [2.05, 4.69) is 5.43 Å². The monoisotopic (exact) mass is 461 g/mol. The smallest absolute Gasteiger partial charge is 0.339 e. The highest BCUT2D eigenvalue weighted by molar-refractivity contribution is 7.87. The molecule has 8 heteroatoms. The van der Waals surface area contributed by atoms with E-state index in [9.17, 15) is 13.2 Å². The summed E-state index contributed by atoms with van der Waals surface area (Å²) < 4.78 is 38.0. The highest BCUT2D eigenvalue weighted by Gasteiger charge is 2.43. The third-order valence-corrected chi connectivity index (χ3v) is 7.15. The number of ether oxygens (including phenoxy) is 1. The van der Waals surface area contributed by atoms with Gasteiger partial charge in [-0.1, -0.05) is 17.7 Å². The molecule has 0 spiro atoms. The summed E-state index contributed by atoms with van der Waals surface area (Å²) in [5.74, 6) is 0.767. The van der Waals surface area contributed by atoms with Crippen LogP contribution in [0.2, 0.25) is 0 Å². The van der Waals surface area contributed by atoms with Crippen molar-refractivity contribution >= 4 is 16.0 Å². The van der Waals surface area contributed by atoms with Crippen LogP contribution in [0.5, 0.6) is 11.5 Å². The van der Waals surface area contributed by atoms with Gasteiger partial charge in [-0.15, -0.1) is 0 Å². The molecule has 7 nitrogen and oxygen atoms in total. The number of aryl methyl sites for hydroxylation is 1. The highest BCUT2D eigenvalue weighted by Crippen LogP contribution is 2.44. The van der Waals surface area contributed by atoms with Gasteiger partial charge in [-0.25, -0.2) is 4.59 Å². The summed E-state index contributed by atoms with van der Waals surface area (Å²) in [5, 5.41) is 0. The number of fused-ring (bicyclic) bond motifs is 1. The van der Waals surface area contributed by atoms with Crippen LogP contribution in [-0.4, -0.2) is 45.7 Å².